The third-order valence-corrected chi connectivity index (χ3v) is 1.78. The lowest BCUT2D eigenvalue weighted by Crippen LogP contribution is -1.97. The van der Waals surface area contributed by atoms with Gasteiger partial charge in [0.2, 0.25) is 0 Å². The van der Waals surface area contributed by atoms with Crippen LogP contribution in [0.3, 0.4) is 0 Å². The van der Waals surface area contributed by atoms with E-state index in [0.29, 0.717) is 5.57 Å². The Morgan fingerprint density at radius 3 is 2.67 bits per heavy atom. The molecule has 0 bridgehead atoms. The smallest absolute Gasteiger partial charge is 0.335 e. The molecule has 0 saturated carbocycles. The number of carboxylic acid groups (broad SMARTS) is 1. The highest BCUT2D eigenvalue weighted by atomic mass is 16.4. The molecule has 12 heavy (non-hydrogen) atoms. The zero-order valence-electron chi connectivity index (χ0n) is 7.29. The minimum atomic E-state index is -0.857. The first kappa shape index (κ1) is 8.78. The van der Waals surface area contributed by atoms with Crippen molar-refractivity contribution in [2.24, 2.45) is 0 Å². The summed E-state index contributed by atoms with van der Waals surface area (Å²) in [4.78, 5) is 10.7. The summed E-state index contributed by atoms with van der Waals surface area (Å²) in [6.45, 7) is 3.85. The molecule has 1 rings (SSSR count). The summed E-state index contributed by atoms with van der Waals surface area (Å²) < 4.78 is 0. The van der Waals surface area contributed by atoms with Gasteiger partial charge in [-0.15, -0.1) is 0 Å². The van der Waals surface area contributed by atoms with Gasteiger partial charge < -0.3 is 5.11 Å². The first-order chi connectivity index (χ1) is 5.59. The fraction of sp³-hybridized carbons (Fsp3) is 0.300. The molecule has 0 amide bonds. The molecule has 0 aromatic heterocycles. The van der Waals surface area contributed by atoms with Crippen LogP contribution in [0.5, 0.6) is 0 Å². The minimum Gasteiger partial charge on any atom is -0.478 e. The van der Waals surface area contributed by atoms with E-state index < -0.39 is 5.97 Å². The summed E-state index contributed by atoms with van der Waals surface area (Å²) in [6.07, 6.45) is 6.29. The van der Waals surface area contributed by atoms with Gasteiger partial charge in [0.1, 0.15) is 0 Å². The van der Waals surface area contributed by atoms with Gasteiger partial charge >= 0.3 is 5.97 Å². The van der Waals surface area contributed by atoms with Crippen molar-refractivity contribution in [3.05, 3.63) is 34.9 Å². The standard InChI is InChI=1S/C10H12O2/c1-7-3-4-8(2)6-9(5-7)10(11)12/h3,5-6H,4H2,1-2H3,(H,11,12). The normalized spacial score (nSPS) is 17.3. The second-order valence-corrected chi connectivity index (χ2v) is 3.05. The van der Waals surface area contributed by atoms with Gasteiger partial charge in [0, 0.05) is 0 Å². The average molecular weight is 164 g/mol. The summed E-state index contributed by atoms with van der Waals surface area (Å²) in [5, 5.41) is 8.76. The molecule has 0 radical (unpaired) electrons. The molecule has 1 aliphatic carbocycles. The molecule has 0 heterocycles. The van der Waals surface area contributed by atoms with Crippen LogP contribution in [0, 0.1) is 0 Å². The first-order valence-electron chi connectivity index (χ1n) is 3.88. The van der Waals surface area contributed by atoms with Crippen molar-refractivity contribution in [2.75, 3.05) is 0 Å². The molecule has 0 atom stereocenters. The molecule has 0 aromatic rings. The number of allylic oxidation sites excluding steroid dienone is 4. The van der Waals surface area contributed by atoms with Crippen LogP contribution in [-0.4, -0.2) is 11.1 Å². The lowest BCUT2D eigenvalue weighted by molar-refractivity contribution is -0.132. The highest BCUT2D eigenvalue weighted by Gasteiger charge is 2.06. The van der Waals surface area contributed by atoms with Crippen molar-refractivity contribution < 1.29 is 9.90 Å². The van der Waals surface area contributed by atoms with Crippen molar-refractivity contribution in [1.82, 2.24) is 0 Å². The van der Waals surface area contributed by atoms with Crippen LogP contribution in [0.25, 0.3) is 0 Å². The third kappa shape index (κ3) is 2.09. The number of carboxylic acids is 1. The fourth-order valence-electron chi connectivity index (χ4n) is 1.12. The van der Waals surface area contributed by atoms with E-state index in [1.807, 2.05) is 19.9 Å². The van der Waals surface area contributed by atoms with E-state index in [1.54, 1.807) is 12.2 Å². The maximum absolute atomic E-state index is 10.7. The molecule has 0 unspecified atom stereocenters. The fourth-order valence-corrected chi connectivity index (χ4v) is 1.12. The predicted molar refractivity (Wildman–Crippen MR) is 47.8 cm³/mol. The molecule has 1 aliphatic rings. The SMILES string of the molecule is CC1=CCC(C)=CC(C(=O)O)=C1. The molecular formula is C10H12O2. The molecule has 1 N–H and O–H groups in total. The van der Waals surface area contributed by atoms with Crippen molar-refractivity contribution in [3.63, 3.8) is 0 Å². The van der Waals surface area contributed by atoms with E-state index in [2.05, 4.69) is 0 Å². The largest absolute Gasteiger partial charge is 0.478 e. The van der Waals surface area contributed by atoms with Gasteiger partial charge in [0.05, 0.1) is 5.57 Å². The number of hydrogen-bond donors (Lipinski definition) is 1. The monoisotopic (exact) mass is 164 g/mol. The zero-order valence-corrected chi connectivity index (χ0v) is 7.29. The molecule has 64 valence electrons. The molecular weight excluding hydrogens is 152 g/mol. The highest BCUT2D eigenvalue weighted by molar-refractivity contribution is 5.90. The topological polar surface area (TPSA) is 37.3 Å². The van der Waals surface area contributed by atoms with Crippen molar-refractivity contribution >= 4 is 5.97 Å². The van der Waals surface area contributed by atoms with E-state index >= 15 is 0 Å². The van der Waals surface area contributed by atoms with E-state index in [4.69, 9.17) is 5.11 Å². The van der Waals surface area contributed by atoms with Crippen LogP contribution in [0.2, 0.25) is 0 Å². The molecule has 0 aliphatic heterocycles. The van der Waals surface area contributed by atoms with Gasteiger partial charge in [-0.2, -0.15) is 0 Å². The summed E-state index contributed by atoms with van der Waals surface area (Å²) in [5.74, 6) is -0.857. The molecule has 0 fully saturated rings. The van der Waals surface area contributed by atoms with Gasteiger partial charge in [-0.1, -0.05) is 17.2 Å². The number of aliphatic carboxylic acids is 1. The first-order valence-corrected chi connectivity index (χ1v) is 3.88. The molecule has 2 nitrogen and oxygen atoms in total. The summed E-state index contributed by atoms with van der Waals surface area (Å²) in [7, 11) is 0. The summed E-state index contributed by atoms with van der Waals surface area (Å²) in [5.41, 5.74) is 2.47. The van der Waals surface area contributed by atoms with Gasteiger partial charge in [-0.05, 0) is 32.4 Å². The quantitative estimate of drug-likeness (QED) is 0.645. The zero-order chi connectivity index (χ0) is 9.14. The van der Waals surface area contributed by atoms with Crippen molar-refractivity contribution in [2.45, 2.75) is 20.3 Å². The highest BCUT2D eigenvalue weighted by Crippen LogP contribution is 2.15. The Morgan fingerprint density at radius 2 is 2.08 bits per heavy atom. The number of carbonyl (C=O) groups is 1. The molecule has 0 spiro atoms. The van der Waals surface area contributed by atoms with E-state index in [1.165, 1.54) is 0 Å². The van der Waals surface area contributed by atoms with Gasteiger partial charge in [-0.3, -0.25) is 0 Å². The lowest BCUT2D eigenvalue weighted by Gasteiger charge is -1.94. The summed E-state index contributed by atoms with van der Waals surface area (Å²) >= 11 is 0. The maximum atomic E-state index is 10.7. The van der Waals surface area contributed by atoms with Crippen LogP contribution in [0.4, 0.5) is 0 Å². The van der Waals surface area contributed by atoms with Gasteiger partial charge in [0.15, 0.2) is 0 Å². The Kier molecular flexibility index (Phi) is 2.48. The Labute approximate surface area is 71.9 Å². The summed E-state index contributed by atoms with van der Waals surface area (Å²) in [6, 6.07) is 0. The van der Waals surface area contributed by atoms with Crippen LogP contribution in [-0.2, 0) is 4.79 Å². The van der Waals surface area contributed by atoms with E-state index in [-0.39, 0.29) is 0 Å². The van der Waals surface area contributed by atoms with Gasteiger partial charge in [0.25, 0.3) is 0 Å². The Bertz CT molecular complexity index is 293. The Hall–Kier alpha value is -1.31. The Balaban J connectivity index is 3.03. The second-order valence-electron chi connectivity index (χ2n) is 3.05. The van der Waals surface area contributed by atoms with Crippen molar-refractivity contribution in [1.29, 1.82) is 0 Å². The minimum absolute atomic E-state index is 0.374. The average Bonchev–Trinajstić information content (AvgIpc) is 2.13. The van der Waals surface area contributed by atoms with Crippen LogP contribution >= 0.6 is 0 Å². The lowest BCUT2D eigenvalue weighted by atomic mass is 10.1. The molecule has 2 heteroatoms. The van der Waals surface area contributed by atoms with E-state index in [0.717, 1.165) is 17.6 Å². The van der Waals surface area contributed by atoms with Crippen LogP contribution in [0.15, 0.2) is 34.9 Å². The van der Waals surface area contributed by atoms with Gasteiger partial charge in [-0.25, -0.2) is 4.79 Å². The Morgan fingerprint density at radius 1 is 1.42 bits per heavy atom. The van der Waals surface area contributed by atoms with E-state index in [9.17, 15) is 4.79 Å². The molecule has 0 saturated heterocycles. The van der Waals surface area contributed by atoms with Crippen LogP contribution < -0.4 is 0 Å². The number of rotatable bonds is 1. The third-order valence-electron chi connectivity index (χ3n) is 1.78. The maximum Gasteiger partial charge on any atom is 0.335 e. The second kappa shape index (κ2) is 3.39. The van der Waals surface area contributed by atoms with Crippen molar-refractivity contribution in [3.8, 4) is 0 Å². The predicted octanol–water partition coefficient (Wildman–Crippen LogP) is 2.29. The molecule has 0 aromatic carbocycles. The number of hydrogen-bond acceptors (Lipinski definition) is 1. The van der Waals surface area contributed by atoms with Crippen LogP contribution in [0.1, 0.15) is 20.3 Å².